The van der Waals surface area contributed by atoms with Crippen LogP contribution in [0.25, 0.3) is 0 Å². The van der Waals surface area contributed by atoms with Crippen molar-refractivity contribution >= 4 is 27.3 Å². The van der Waals surface area contributed by atoms with Crippen molar-refractivity contribution < 1.29 is 13.5 Å². The number of nitrogens with two attached hydrogens (primary N) is 1. The zero-order valence-electron chi connectivity index (χ0n) is 11.1. The van der Waals surface area contributed by atoms with Crippen molar-refractivity contribution in [3.63, 3.8) is 0 Å². The van der Waals surface area contributed by atoms with E-state index in [4.69, 9.17) is 17.3 Å². The van der Waals surface area contributed by atoms with Gasteiger partial charge in [0.15, 0.2) is 0 Å². The molecule has 0 spiro atoms. The van der Waals surface area contributed by atoms with Crippen LogP contribution in [0.2, 0.25) is 5.02 Å². The molecule has 2 rings (SSSR count). The molecule has 1 aliphatic rings. The molecule has 1 aromatic carbocycles. The lowest BCUT2D eigenvalue weighted by atomic mass is 9.85. The summed E-state index contributed by atoms with van der Waals surface area (Å²) in [7, 11) is -3.74. The van der Waals surface area contributed by atoms with Gasteiger partial charge in [0.05, 0.1) is 11.3 Å². The number of aliphatic hydroxyl groups is 1. The minimum absolute atomic E-state index is 0.0113. The smallest absolute Gasteiger partial charge is 0.242 e. The van der Waals surface area contributed by atoms with Gasteiger partial charge in [-0.2, -0.15) is 0 Å². The van der Waals surface area contributed by atoms with E-state index in [1.807, 2.05) is 0 Å². The molecule has 0 atom stereocenters. The fourth-order valence-corrected chi connectivity index (χ4v) is 3.87. The van der Waals surface area contributed by atoms with Crippen LogP contribution >= 0.6 is 11.6 Å². The highest BCUT2D eigenvalue weighted by Crippen LogP contribution is 2.28. The molecule has 0 aromatic heterocycles. The molecule has 0 unspecified atom stereocenters. The summed E-state index contributed by atoms with van der Waals surface area (Å²) in [6.45, 7) is 0.0113. The predicted octanol–water partition coefficient (Wildman–Crippen LogP) is 1.90. The van der Waals surface area contributed by atoms with E-state index in [0.717, 1.165) is 19.3 Å². The first-order valence-corrected chi connectivity index (χ1v) is 8.46. The number of anilines is 1. The number of hydrogen-bond acceptors (Lipinski definition) is 4. The maximum atomic E-state index is 12.2. The van der Waals surface area contributed by atoms with Crippen LogP contribution in [0.15, 0.2) is 23.1 Å². The molecule has 0 aliphatic heterocycles. The maximum absolute atomic E-state index is 12.2. The van der Waals surface area contributed by atoms with E-state index in [2.05, 4.69) is 4.72 Å². The highest BCUT2D eigenvalue weighted by molar-refractivity contribution is 7.89. The number of sulfonamides is 1. The van der Waals surface area contributed by atoms with Gasteiger partial charge in [-0.25, -0.2) is 13.1 Å². The normalized spacial score (nSPS) is 18.9. The van der Waals surface area contributed by atoms with Gasteiger partial charge in [-0.3, -0.25) is 0 Å². The minimum Gasteiger partial charge on any atom is -0.398 e. The highest BCUT2D eigenvalue weighted by atomic mass is 35.5. The lowest BCUT2D eigenvalue weighted by Crippen LogP contribution is -2.44. The molecule has 112 valence electrons. The monoisotopic (exact) mass is 318 g/mol. The topological polar surface area (TPSA) is 92.4 Å². The van der Waals surface area contributed by atoms with Crippen molar-refractivity contribution in [3.05, 3.63) is 23.2 Å². The van der Waals surface area contributed by atoms with Crippen LogP contribution < -0.4 is 10.5 Å². The molecular weight excluding hydrogens is 300 g/mol. The first kappa shape index (κ1) is 15.6. The van der Waals surface area contributed by atoms with E-state index < -0.39 is 15.6 Å². The van der Waals surface area contributed by atoms with Crippen LogP contribution in [-0.2, 0) is 10.0 Å². The molecule has 0 saturated heterocycles. The van der Waals surface area contributed by atoms with Gasteiger partial charge in [-0.05, 0) is 31.0 Å². The molecule has 1 saturated carbocycles. The van der Waals surface area contributed by atoms with Crippen LogP contribution in [0.4, 0.5) is 5.69 Å². The van der Waals surface area contributed by atoms with Crippen molar-refractivity contribution in [1.82, 2.24) is 4.72 Å². The molecule has 1 fully saturated rings. The van der Waals surface area contributed by atoms with E-state index in [1.54, 1.807) is 0 Å². The summed E-state index contributed by atoms with van der Waals surface area (Å²) in [4.78, 5) is -0.0127. The van der Waals surface area contributed by atoms with E-state index in [1.165, 1.54) is 18.2 Å². The van der Waals surface area contributed by atoms with Gasteiger partial charge in [0.25, 0.3) is 0 Å². The molecule has 5 nitrogen and oxygen atoms in total. The molecule has 20 heavy (non-hydrogen) atoms. The first-order valence-electron chi connectivity index (χ1n) is 6.60. The van der Waals surface area contributed by atoms with Crippen molar-refractivity contribution in [1.29, 1.82) is 0 Å². The Bertz CT molecular complexity index is 583. The summed E-state index contributed by atoms with van der Waals surface area (Å²) < 4.78 is 26.9. The van der Waals surface area contributed by atoms with Crippen LogP contribution in [-0.4, -0.2) is 25.7 Å². The maximum Gasteiger partial charge on any atom is 0.242 e. The molecule has 0 heterocycles. The SMILES string of the molecule is Nc1cc(Cl)ccc1S(=O)(=O)NCC1(O)CCCCC1. The summed E-state index contributed by atoms with van der Waals surface area (Å²) >= 11 is 5.75. The van der Waals surface area contributed by atoms with Crippen molar-refractivity contribution in [3.8, 4) is 0 Å². The third-order valence-electron chi connectivity index (χ3n) is 3.64. The molecule has 7 heteroatoms. The summed E-state index contributed by atoms with van der Waals surface area (Å²) in [5.41, 5.74) is 4.83. The Morgan fingerprint density at radius 1 is 1.30 bits per heavy atom. The Balaban J connectivity index is 2.11. The highest BCUT2D eigenvalue weighted by Gasteiger charge is 2.31. The molecule has 0 amide bonds. The Hall–Kier alpha value is -0.820. The molecule has 0 radical (unpaired) electrons. The van der Waals surface area contributed by atoms with Gasteiger partial charge >= 0.3 is 0 Å². The molecule has 1 aromatic rings. The Labute approximate surface area is 124 Å². The van der Waals surface area contributed by atoms with E-state index in [9.17, 15) is 13.5 Å². The Kier molecular flexibility index (Phi) is 4.59. The van der Waals surface area contributed by atoms with Crippen LogP contribution in [0.5, 0.6) is 0 Å². The van der Waals surface area contributed by atoms with Gasteiger partial charge in [0.2, 0.25) is 10.0 Å². The van der Waals surface area contributed by atoms with Crippen molar-refractivity contribution in [2.45, 2.75) is 42.6 Å². The van der Waals surface area contributed by atoms with Gasteiger partial charge in [0, 0.05) is 11.6 Å². The number of hydrogen-bond donors (Lipinski definition) is 3. The zero-order chi connectivity index (χ0) is 14.8. The number of nitrogens with one attached hydrogen (secondary N) is 1. The largest absolute Gasteiger partial charge is 0.398 e. The van der Waals surface area contributed by atoms with E-state index in [-0.39, 0.29) is 17.1 Å². The third-order valence-corrected chi connectivity index (χ3v) is 5.35. The fourth-order valence-electron chi connectivity index (χ4n) is 2.46. The Morgan fingerprint density at radius 2 is 1.95 bits per heavy atom. The van der Waals surface area contributed by atoms with Crippen LogP contribution in [0.3, 0.4) is 0 Å². The van der Waals surface area contributed by atoms with Gasteiger partial charge in [0.1, 0.15) is 4.90 Å². The van der Waals surface area contributed by atoms with Crippen molar-refractivity contribution in [2.75, 3.05) is 12.3 Å². The van der Waals surface area contributed by atoms with E-state index >= 15 is 0 Å². The quantitative estimate of drug-likeness (QED) is 0.739. The molecule has 0 bridgehead atoms. The fraction of sp³-hybridized carbons (Fsp3) is 0.538. The number of rotatable bonds is 4. The number of halogens is 1. The molecule has 4 N–H and O–H groups in total. The molecule has 1 aliphatic carbocycles. The first-order chi connectivity index (χ1) is 9.32. The number of benzene rings is 1. The second kappa shape index (κ2) is 5.89. The van der Waals surface area contributed by atoms with E-state index in [0.29, 0.717) is 17.9 Å². The summed E-state index contributed by atoms with van der Waals surface area (Å²) in [6, 6.07) is 4.23. The lowest BCUT2D eigenvalue weighted by molar-refractivity contribution is 0.00946. The zero-order valence-corrected chi connectivity index (χ0v) is 12.7. The second-order valence-corrected chi connectivity index (χ2v) is 7.46. The summed E-state index contributed by atoms with van der Waals surface area (Å²) in [5, 5.41) is 10.7. The predicted molar refractivity (Wildman–Crippen MR) is 79.1 cm³/mol. The molecular formula is C13H19ClN2O3S. The number of nitrogen functional groups attached to an aromatic ring is 1. The van der Waals surface area contributed by atoms with Gasteiger partial charge in [-0.1, -0.05) is 30.9 Å². The van der Waals surface area contributed by atoms with Crippen molar-refractivity contribution in [2.24, 2.45) is 0 Å². The minimum atomic E-state index is -3.74. The Morgan fingerprint density at radius 3 is 2.55 bits per heavy atom. The van der Waals surface area contributed by atoms with Crippen LogP contribution in [0.1, 0.15) is 32.1 Å². The average Bonchev–Trinajstić information content (AvgIpc) is 2.37. The van der Waals surface area contributed by atoms with Crippen LogP contribution in [0, 0.1) is 0 Å². The standard InChI is InChI=1S/C13H19ClN2O3S/c14-10-4-5-12(11(15)8-10)20(18,19)16-9-13(17)6-2-1-3-7-13/h4-5,8,16-17H,1-3,6-7,9,15H2. The van der Waals surface area contributed by atoms with Gasteiger partial charge < -0.3 is 10.8 Å². The second-order valence-electron chi connectivity index (χ2n) is 5.29. The summed E-state index contributed by atoms with van der Waals surface area (Å²) in [6.07, 6.45) is 4.15. The summed E-state index contributed by atoms with van der Waals surface area (Å²) in [5.74, 6) is 0. The van der Waals surface area contributed by atoms with Gasteiger partial charge in [-0.15, -0.1) is 0 Å². The third kappa shape index (κ3) is 3.63. The lowest BCUT2D eigenvalue weighted by Gasteiger charge is -2.32. The average molecular weight is 319 g/mol.